The summed E-state index contributed by atoms with van der Waals surface area (Å²) in [6, 6.07) is 7.27. The molecular weight excluding hydrogens is 385 g/mol. The molecule has 0 saturated heterocycles. The zero-order chi connectivity index (χ0) is 9.19. The molecule has 0 aliphatic rings. The van der Waals surface area contributed by atoms with Gasteiger partial charge in [0.15, 0.2) is 0 Å². The van der Waals surface area contributed by atoms with Crippen LogP contribution in [0.25, 0.3) is 0 Å². The highest BCUT2D eigenvalue weighted by Crippen LogP contribution is 2.32. The van der Waals surface area contributed by atoms with Crippen LogP contribution in [0.3, 0.4) is 0 Å². The molecule has 0 aromatic heterocycles. The molecule has 0 unspecified atom stereocenters. The standard InChI is InChI=1S/C8H7FI2O/c1-6-2-4-7(5-3-6)12-8(9,10)11/h2-5H,1H3. The van der Waals surface area contributed by atoms with Gasteiger partial charge in [0.25, 0.3) is 0 Å². The zero-order valence-corrected chi connectivity index (χ0v) is 10.7. The van der Waals surface area contributed by atoms with Crippen molar-refractivity contribution >= 4 is 45.2 Å². The van der Waals surface area contributed by atoms with E-state index in [1.807, 2.05) is 19.1 Å². The van der Waals surface area contributed by atoms with Crippen LogP contribution in [0.5, 0.6) is 5.75 Å². The summed E-state index contributed by atoms with van der Waals surface area (Å²) >= 11 is 3.17. The van der Waals surface area contributed by atoms with Crippen molar-refractivity contribution in [2.45, 2.75) is 8.79 Å². The Balaban J connectivity index is 2.71. The fraction of sp³-hybridized carbons (Fsp3) is 0.250. The monoisotopic (exact) mass is 392 g/mol. The number of halogens is 3. The average Bonchev–Trinajstić information content (AvgIpc) is 1.91. The second-order valence-electron chi connectivity index (χ2n) is 2.36. The molecule has 0 fully saturated rings. The molecule has 0 heterocycles. The third-order valence-corrected chi connectivity index (χ3v) is 1.69. The Bertz CT molecular complexity index is 253. The van der Waals surface area contributed by atoms with Crippen LogP contribution in [0.1, 0.15) is 5.56 Å². The van der Waals surface area contributed by atoms with Gasteiger partial charge in [-0.2, -0.15) is 4.39 Å². The summed E-state index contributed by atoms with van der Waals surface area (Å²) < 4.78 is 16.2. The van der Waals surface area contributed by atoms with Crippen molar-refractivity contribution in [2.24, 2.45) is 0 Å². The van der Waals surface area contributed by atoms with Crippen LogP contribution in [0, 0.1) is 6.92 Å². The zero-order valence-electron chi connectivity index (χ0n) is 6.35. The highest BCUT2D eigenvalue weighted by molar-refractivity contribution is 14.2. The van der Waals surface area contributed by atoms with E-state index in [0.717, 1.165) is 5.56 Å². The summed E-state index contributed by atoms with van der Waals surface area (Å²) in [5, 5.41) is 0. The predicted octanol–water partition coefficient (Wildman–Crippen LogP) is 3.82. The summed E-state index contributed by atoms with van der Waals surface area (Å²) in [4.78, 5) is 0. The minimum absolute atomic E-state index is 0.548. The van der Waals surface area contributed by atoms with Gasteiger partial charge in [0, 0.05) is 45.2 Å². The maximum Gasteiger partial charge on any atom is 0.350 e. The maximum atomic E-state index is 12.9. The Kier molecular flexibility index (Phi) is 3.57. The van der Waals surface area contributed by atoms with Gasteiger partial charge in [-0.15, -0.1) is 0 Å². The van der Waals surface area contributed by atoms with E-state index in [2.05, 4.69) is 0 Å². The summed E-state index contributed by atoms with van der Waals surface area (Å²) in [5.41, 5.74) is 1.13. The number of hydrogen-bond donors (Lipinski definition) is 0. The molecule has 1 nitrogen and oxygen atoms in total. The molecule has 0 amide bonds. The minimum atomic E-state index is -1.66. The topological polar surface area (TPSA) is 9.23 Å². The van der Waals surface area contributed by atoms with Gasteiger partial charge >= 0.3 is 1.87 Å². The van der Waals surface area contributed by atoms with Crippen LogP contribution in [0.15, 0.2) is 24.3 Å². The fourth-order valence-electron chi connectivity index (χ4n) is 0.740. The summed E-state index contributed by atoms with van der Waals surface area (Å²) in [6.45, 7) is 1.97. The lowest BCUT2D eigenvalue weighted by Crippen LogP contribution is -2.11. The number of hydrogen-bond acceptors (Lipinski definition) is 1. The van der Waals surface area contributed by atoms with Crippen molar-refractivity contribution in [3.05, 3.63) is 29.8 Å². The highest BCUT2D eigenvalue weighted by Gasteiger charge is 2.21. The van der Waals surface area contributed by atoms with E-state index < -0.39 is 1.87 Å². The van der Waals surface area contributed by atoms with Gasteiger partial charge < -0.3 is 4.74 Å². The Labute approximate surface area is 98.0 Å². The van der Waals surface area contributed by atoms with Crippen LogP contribution in [-0.4, -0.2) is 1.87 Å². The SMILES string of the molecule is Cc1ccc(OC(F)(I)I)cc1. The lowest BCUT2D eigenvalue weighted by molar-refractivity contribution is 0.154. The van der Waals surface area contributed by atoms with Gasteiger partial charge in [0.1, 0.15) is 5.75 Å². The first kappa shape index (κ1) is 10.5. The average molecular weight is 392 g/mol. The Morgan fingerprint density at radius 1 is 1.25 bits per heavy atom. The quantitative estimate of drug-likeness (QED) is 0.550. The number of benzene rings is 1. The predicted molar refractivity (Wildman–Crippen MR) is 63.7 cm³/mol. The molecule has 0 atom stereocenters. The first-order valence-corrected chi connectivity index (χ1v) is 5.45. The molecular formula is C8H7FI2O. The van der Waals surface area contributed by atoms with E-state index >= 15 is 0 Å². The number of rotatable bonds is 2. The largest absolute Gasteiger partial charge is 0.442 e. The molecule has 4 heteroatoms. The Hall–Kier alpha value is 0.410. The van der Waals surface area contributed by atoms with Crippen molar-refractivity contribution < 1.29 is 9.13 Å². The Morgan fingerprint density at radius 2 is 1.75 bits per heavy atom. The number of alkyl halides is 3. The first-order chi connectivity index (χ1) is 5.47. The molecule has 1 rings (SSSR count). The van der Waals surface area contributed by atoms with Gasteiger partial charge in [0.2, 0.25) is 0 Å². The summed E-state index contributed by atoms with van der Waals surface area (Å²) in [5.74, 6) is 0.548. The molecule has 0 radical (unpaired) electrons. The third kappa shape index (κ3) is 3.88. The minimum Gasteiger partial charge on any atom is -0.442 e. The number of aryl methyl sites for hydroxylation is 1. The van der Waals surface area contributed by atoms with Gasteiger partial charge in [0.05, 0.1) is 0 Å². The second-order valence-corrected chi connectivity index (χ2v) is 7.20. The maximum absolute atomic E-state index is 12.9. The third-order valence-electron chi connectivity index (χ3n) is 1.25. The summed E-state index contributed by atoms with van der Waals surface area (Å²) in [7, 11) is 0. The fourth-order valence-corrected chi connectivity index (χ4v) is 1.25. The normalized spacial score (nSPS) is 11.3. The van der Waals surface area contributed by atoms with E-state index in [4.69, 9.17) is 4.74 Å². The van der Waals surface area contributed by atoms with Crippen molar-refractivity contribution in [3.63, 3.8) is 0 Å². The molecule has 0 bridgehead atoms. The van der Waals surface area contributed by atoms with Crippen molar-refractivity contribution in [2.75, 3.05) is 0 Å². The van der Waals surface area contributed by atoms with Gasteiger partial charge in [-0.1, -0.05) is 17.7 Å². The van der Waals surface area contributed by atoms with E-state index in [-0.39, 0.29) is 0 Å². The first-order valence-electron chi connectivity index (χ1n) is 3.30. The van der Waals surface area contributed by atoms with E-state index in [1.54, 1.807) is 57.3 Å². The van der Waals surface area contributed by atoms with Crippen molar-refractivity contribution in [1.29, 1.82) is 0 Å². The van der Waals surface area contributed by atoms with E-state index in [9.17, 15) is 4.39 Å². The molecule has 12 heavy (non-hydrogen) atoms. The molecule has 0 N–H and O–H groups in total. The van der Waals surface area contributed by atoms with Gasteiger partial charge in [-0.05, 0) is 19.1 Å². The molecule has 0 spiro atoms. The van der Waals surface area contributed by atoms with E-state index in [0.29, 0.717) is 5.75 Å². The summed E-state index contributed by atoms with van der Waals surface area (Å²) in [6.07, 6.45) is 0. The van der Waals surface area contributed by atoms with Crippen LogP contribution >= 0.6 is 45.2 Å². The lowest BCUT2D eigenvalue weighted by atomic mass is 10.2. The van der Waals surface area contributed by atoms with Gasteiger partial charge in [-0.3, -0.25) is 0 Å². The van der Waals surface area contributed by atoms with Crippen LogP contribution < -0.4 is 4.74 Å². The molecule has 1 aromatic carbocycles. The van der Waals surface area contributed by atoms with E-state index in [1.165, 1.54) is 0 Å². The molecule has 0 aliphatic carbocycles. The lowest BCUT2D eigenvalue weighted by Gasteiger charge is -2.12. The van der Waals surface area contributed by atoms with Gasteiger partial charge in [-0.25, -0.2) is 0 Å². The highest BCUT2D eigenvalue weighted by atomic mass is 127. The van der Waals surface area contributed by atoms with Crippen LogP contribution in [0.4, 0.5) is 4.39 Å². The second kappa shape index (κ2) is 4.08. The molecule has 1 aromatic rings. The smallest absolute Gasteiger partial charge is 0.350 e. The molecule has 0 aliphatic heterocycles. The van der Waals surface area contributed by atoms with Crippen molar-refractivity contribution in [3.8, 4) is 5.75 Å². The molecule has 0 saturated carbocycles. The number of ether oxygens (including phenoxy) is 1. The molecule has 66 valence electrons. The van der Waals surface area contributed by atoms with Crippen molar-refractivity contribution in [1.82, 2.24) is 0 Å². The van der Waals surface area contributed by atoms with Crippen LogP contribution in [0.2, 0.25) is 0 Å². The Morgan fingerprint density at radius 3 is 2.17 bits per heavy atom. The van der Waals surface area contributed by atoms with Crippen LogP contribution in [-0.2, 0) is 0 Å².